The summed E-state index contributed by atoms with van der Waals surface area (Å²) in [5, 5.41) is 5.14. The highest BCUT2D eigenvalue weighted by Gasteiger charge is 2.20. The Morgan fingerprint density at radius 1 is 1.00 bits per heavy atom. The third-order valence-electron chi connectivity index (χ3n) is 4.82. The molecule has 3 amide bonds. The zero-order chi connectivity index (χ0) is 21.1. The number of esters is 1. The summed E-state index contributed by atoms with van der Waals surface area (Å²) in [6, 6.07) is 7.07. The van der Waals surface area contributed by atoms with Gasteiger partial charge in [0.2, 0.25) is 5.91 Å². The number of rotatable bonds is 9. The summed E-state index contributed by atoms with van der Waals surface area (Å²) in [6.45, 7) is 7.04. The summed E-state index contributed by atoms with van der Waals surface area (Å²) in [5.74, 6) is -0.215. The van der Waals surface area contributed by atoms with Gasteiger partial charge in [0.1, 0.15) is 6.54 Å². The number of ether oxygens (including phenoxy) is 1. The average molecular weight is 405 g/mol. The number of anilines is 2. The minimum Gasteiger partial charge on any atom is -0.465 e. The second-order valence-corrected chi connectivity index (χ2v) is 6.98. The average Bonchev–Trinajstić information content (AvgIpc) is 2.73. The standard InChI is InChI=1S/C21H32N4O4/c1-3-5-6-7-19(26)25-14-12-24(13-15-25)18-10-8-17(9-11-18)23-21(28)22-16-20(27)29-4-2/h8-11H,3-7,12-16H2,1-2H3,(H2,22,23,28). The maximum atomic E-state index is 12.2. The fourth-order valence-electron chi connectivity index (χ4n) is 3.19. The van der Waals surface area contributed by atoms with Crippen LogP contribution in [0.4, 0.5) is 16.2 Å². The number of carbonyl (C=O) groups is 3. The summed E-state index contributed by atoms with van der Waals surface area (Å²) in [5.41, 5.74) is 1.69. The number of nitrogens with zero attached hydrogens (tertiary/aromatic N) is 2. The van der Waals surface area contributed by atoms with Crippen molar-refractivity contribution in [1.82, 2.24) is 10.2 Å². The Morgan fingerprint density at radius 3 is 2.31 bits per heavy atom. The minimum atomic E-state index is -0.471. The molecule has 0 saturated carbocycles. The molecule has 1 aliphatic rings. The van der Waals surface area contributed by atoms with Crippen molar-refractivity contribution in [2.45, 2.75) is 39.5 Å². The molecule has 160 valence electrons. The summed E-state index contributed by atoms with van der Waals surface area (Å²) in [6.07, 6.45) is 3.84. The van der Waals surface area contributed by atoms with Gasteiger partial charge in [0.15, 0.2) is 0 Å². The number of benzene rings is 1. The smallest absolute Gasteiger partial charge is 0.325 e. The largest absolute Gasteiger partial charge is 0.465 e. The minimum absolute atomic E-state index is 0.167. The second kappa shape index (κ2) is 11.9. The van der Waals surface area contributed by atoms with E-state index >= 15 is 0 Å². The van der Waals surface area contributed by atoms with Crippen molar-refractivity contribution >= 4 is 29.3 Å². The Kier molecular flexibility index (Phi) is 9.27. The maximum absolute atomic E-state index is 12.2. The van der Waals surface area contributed by atoms with Crippen LogP contribution in [0.3, 0.4) is 0 Å². The molecule has 29 heavy (non-hydrogen) atoms. The molecule has 0 spiro atoms. The predicted molar refractivity (Wildman–Crippen MR) is 113 cm³/mol. The molecule has 0 aromatic heterocycles. The Bertz CT molecular complexity index is 670. The number of unbranched alkanes of at least 4 members (excludes halogenated alkanes) is 2. The Morgan fingerprint density at radius 2 is 1.69 bits per heavy atom. The van der Waals surface area contributed by atoms with Crippen LogP contribution in [0.15, 0.2) is 24.3 Å². The Hall–Kier alpha value is -2.77. The van der Waals surface area contributed by atoms with Gasteiger partial charge in [-0.25, -0.2) is 4.79 Å². The van der Waals surface area contributed by atoms with Crippen LogP contribution in [0, 0.1) is 0 Å². The Balaban J connectivity index is 1.75. The first-order chi connectivity index (χ1) is 14.0. The third kappa shape index (κ3) is 7.63. The summed E-state index contributed by atoms with van der Waals surface area (Å²) < 4.78 is 4.76. The number of amides is 3. The van der Waals surface area contributed by atoms with Crippen molar-refractivity contribution in [1.29, 1.82) is 0 Å². The van der Waals surface area contributed by atoms with E-state index in [1.165, 1.54) is 0 Å². The van der Waals surface area contributed by atoms with Crippen molar-refractivity contribution in [3.8, 4) is 0 Å². The molecular formula is C21H32N4O4. The van der Waals surface area contributed by atoms with Crippen molar-refractivity contribution in [2.24, 2.45) is 0 Å². The summed E-state index contributed by atoms with van der Waals surface area (Å²) in [7, 11) is 0. The maximum Gasteiger partial charge on any atom is 0.325 e. The van der Waals surface area contributed by atoms with E-state index < -0.39 is 12.0 Å². The molecule has 0 aliphatic carbocycles. The number of nitrogens with one attached hydrogen (secondary N) is 2. The third-order valence-corrected chi connectivity index (χ3v) is 4.82. The van der Waals surface area contributed by atoms with Gasteiger partial charge in [-0.3, -0.25) is 9.59 Å². The van der Waals surface area contributed by atoms with Crippen LogP contribution in [0.25, 0.3) is 0 Å². The lowest BCUT2D eigenvalue weighted by Crippen LogP contribution is -2.48. The molecule has 2 rings (SSSR count). The molecule has 1 fully saturated rings. The van der Waals surface area contributed by atoms with E-state index in [0.29, 0.717) is 12.1 Å². The van der Waals surface area contributed by atoms with E-state index in [9.17, 15) is 14.4 Å². The molecule has 0 radical (unpaired) electrons. The number of hydrogen-bond donors (Lipinski definition) is 2. The molecule has 0 unspecified atom stereocenters. The highest BCUT2D eigenvalue weighted by Crippen LogP contribution is 2.20. The number of urea groups is 1. The lowest BCUT2D eigenvalue weighted by molar-refractivity contribution is -0.141. The van der Waals surface area contributed by atoms with Gasteiger partial charge in [-0.15, -0.1) is 0 Å². The zero-order valence-corrected chi connectivity index (χ0v) is 17.4. The first-order valence-corrected chi connectivity index (χ1v) is 10.4. The SMILES string of the molecule is CCCCCC(=O)N1CCN(c2ccc(NC(=O)NCC(=O)OCC)cc2)CC1. The van der Waals surface area contributed by atoms with E-state index in [0.717, 1.165) is 51.1 Å². The van der Waals surface area contributed by atoms with E-state index in [1.807, 2.05) is 29.2 Å². The Labute approximate surface area is 172 Å². The fraction of sp³-hybridized carbons (Fsp3) is 0.571. The molecular weight excluding hydrogens is 372 g/mol. The van der Waals surface area contributed by atoms with Crippen LogP contribution in [-0.4, -0.2) is 62.1 Å². The molecule has 1 aromatic rings. The first-order valence-electron chi connectivity index (χ1n) is 10.4. The molecule has 1 saturated heterocycles. The van der Waals surface area contributed by atoms with Crippen LogP contribution >= 0.6 is 0 Å². The molecule has 8 heteroatoms. The highest BCUT2D eigenvalue weighted by atomic mass is 16.5. The lowest BCUT2D eigenvalue weighted by atomic mass is 10.1. The topological polar surface area (TPSA) is 91.0 Å². The molecule has 0 atom stereocenters. The van der Waals surface area contributed by atoms with E-state index in [-0.39, 0.29) is 19.1 Å². The van der Waals surface area contributed by atoms with Crippen molar-refractivity contribution < 1.29 is 19.1 Å². The monoisotopic (exact) mass is 404 g/mol. The van der Waals surface area contributed by atoms with E-state index in [2.05, 4.69) is 22.5 Å². The van der Waals surface area contributed by atoms with Gasteiger partial charge in [0.25, 0.3) is 0 Å². The zero-order valence-electron chi connectivity index (χ0n) is 17.4. The first kappa shape index (κ1) is 22.5. The molecule has 1 heterocycles. The van der Waals surface area contributed by atoms with Crippen LogP contribution in [0.5, 0.6) is 0 Å². The summed E-state index contributed by atoms with van der Waals surface area (Å²) in [4.78, 5) is 39.5. The molecule has 1 aromatic carbocycles. The normalized spacial score (nSPS) is 13.7. The van der Waals surface area contributed by atoms with E-state index in [4.69, 9.17) is 4.74 Å². The van der Waals surface area contributed by atoms with Gasteiger partial charge in [-0.2, -0.15) is 0 Å². The molecule has 2 N–H and O–H groups in total. The van der Waals surface area contributed by atoms with E-state index in [1.54, 1.807) is 6.92 Å². The van der Waals surface area contributed by atoms with Crippen LogP contribution in [0.1, 0.15) is 39.5 Å². The fourth-order valence-corrected chi connectivity index (χ4v) is 3.19. The molecule has 8 nitrogen and oxygen atoms in total. The predicted octanol–water partition coefficient (Wildman–Crippen LogP) is 2.60. The van der Waals surface area contributed by atoms with Crippen LogP contribution in [0.2, 0.25) is 0 Å². The van der Waals surface area contributed by atoms with Gasteiger partial charge in [-0.05, 0) is 37.6 Å². The van der Waals surface area contributed by atoms with Crippen molar-refractivity contribution in [3.63, 3.8) is 0 Å². The number of hydrogen-bond acceptors (Lipinski definition) is 5. The molecule has 0 bridgehead atoms. The van der Waals surface area contributed by atoms with Crippen LogP contribution in [-0.2, 0) is 14.3 Å². The van der Waals surface area contributed by atoms with Gasteiger partial charge in [0.05, 0.1) is 6.61 Å². The van der Waals surface area contributed by atoms with Crippen molar-refractivity contribution in [3.05, 3.63) is 24.3 Å². The van der Waals surface area contributed by atoms with Gasteiger partial charge in [-0.1, -0.05) is 19.8 Å². The second-order valence-electron chi connectivity index (χ2n) is 6.98. The molecule has 1 aliphatic heterocycles. The van der Waals surface area contributed by atoms with Gasteiger partial charge in [0, 0.05) is 44.0 Å². The lowest BCUT2D eigenvalue weighted by Gasteiger charge is -2.36. The summed E-state index contributed by atoms with van der Waals surface area (Å²) >= 11 is 0. The number of piperazine rings is 1. The number of carbonyl (C=O) groups excluding carboxylic acids is 3. The van der Waals surface area contributed by atoms with Gasteiger partial charge >= 0.3 is 12.0 Å². The van der Waals surface area contributed by atoms with Crippen molar-refractivity contribution in [2.75, 3.05) is 49.5 Å². The van der Waals surface area contributed by atoms with Crippen LogP contribution < -0.4 is 15.5 Å². The van der Waals surface area contributed by atoms with Gasteiger partial charge < -0.3 is 25.2 Å². The quantitative estimate of drug-likeness (QED) is 0.488. The highest BCUT2D eigenvalue weighted by molar-refractivity contribution is 5.91.